The fourth-order valence-corrected chi connectivity index (χ4v) is 2.51. The molecule has 2 N–H and O–H groups in total. The highest BCUT2D eigenvalue weighted by atomic mass is 35.5. The van der Waals surface area contributed by atoms with Crippen molar-refractivity contribution in [3.8, 4) is 6.01 Å². The number of ether oxygens (including phenoxy) is 1. The van der Waals surface area contributed by atoms with Crippen LogP contribution in [0.25, 0.3) is 0 Å². The normalized spacial score (nSPS) is 22.9. The van der Waals surface area contributed by atoms with Crippen molar-refractivity contribution in [3.05, 3.63) is 5.28 Å². The van der Waals surface area contributed by atoms with Crippen LogP contribution in [0.2, 0.25) is 5.28 Å². The summed E-state index contributed by atoms with van der Waals surface area (Å²) < 4.78 is 5.42. The maximum atomic E-state index is 9.65. The van der Waals surface area contributed by atoms with Crippen molar-refractivity contribution < 1.29 is 9.84 Å². The molecule has 2 unspecified atom stereocenters. The average molecular weight is 301 g/mol. The first-order valence-electron chi connectivity index (χ1n) is 7.03. The Balaban J connectivity index is 1.93. The van der Waals surface area contributed by atoms with Crippen LogP contribution in [0.1, 0.15) is 39.5 Å². The lowest BCUT2D eigenvalue weighted by atomic mass is 9.87. The summed E-state index contributed by atoms with van der Waals surface area (Å²) in [5, 5.41) is 12.9. The molecule has 1 aromatic rings. The standard InChI is InChI=1S/C13H21ClN4O2/c1-8(2)20-13-17-11(14)16-12(18-13)15-7-9-4-3-5-10(19)6-9/h8-10,19H,3-7H2,1-2H3,(H,15,16,17,18). The predicted octanol–water partition coefficient (Wildman–Crippen LogP) is 2.28. The van der Waals surface area contributed by atoms with Crippen LogP contribution in [-0.2, 0) is 0 Å². The number of nitrogens with one attached hydrogen (secondary N) is 1. The number of nitrogens with zero attached hydrogens (tertiary/aromatic N) is 3. The molecule has 20 heavy (non-hydrogen) atoms. The van der Waals surface area contributed by atoms with Gasteiger partial charge in [-0.25, -0.2) is 0 Å². The van der Waals surface area contributed by atoms with E-state index >= 15 is 0 Å². The number of rotatable bonds is 5. The molecule has 0 saturated heterocycles. The van der Waals surface area contributed by atoms with E-state index in [1.165, 1.54) is 0 Å². The Morgan fingerprint density at radius 1 is 1.35 bits per heavy atom. The van der Waals surface area contributed by atoms with E-state index in [1.807, 2.05) is 13.8 Å². The van der Waals surface area contributed by atoms with Crippen LogP contribution in [-0.4, -0.2) is 38.8 Å². The van der Waals surface area contributed by atoms with Gasteiger partial charge in [-0.05, 0) is 50.6 Å². The lowest BCUT2D eigenvalue weighted by Crippen LogP contribution is -2.25. The molecule has 1 fully saturated rings. The van der Waals surface area contributed by atoms with Crippen molar-refractivity contribution in [1.82, 2.24) is 15.0 Å². The lowest BCUT2D eigenvalue weighted by molar-refractivity contribution is 0.104. The zero-order valence-electron chi connectivity index (χ0n) is 11.8. The van der Waals surface area contributed by atoms with Gasteiger partial charge in [-0.2, -0.15) is 15.0 Å². The first kappa shape index (κ1) is 15.3. The van der Waals surface area contributed by atoms with Crippen molar-refractivity contribution in [2.45, 2.75) is 51.7 Å². The molecule has 1 aliphatic carbocycles. The van der Waals surface area contributed by atoms with E-state index in [9.17, 15) is 5.11 Å². The molecule has 6 nitrogen and oxygen atoms in total. The van der Waals surface area contributed by atoms with Crippen molar-refractivity contribution in [2.24, 2.45) is 5.92 Å². The van der Waals surface area contributed by atoms with E-state index in [4.69, 9.17) is 16.3 Å². The Morgan fingerprint density at radius 2 is 2.15 bits per heavy atom. The van der Waals surface area contributed by atoms with Gasteiger partial charge in [0.25, 0.3) is 0 Å². The minimum Gasteiger partial charge on any atom is -0.461 e. The third kappa shape index (κ3) is 4.76. The first-order chi connectivity index (χ1) is 9.52. The number of anilines is 1. The monoisotopic (exact) mass is 300 g/mol. The number of aliphatic hydroxyl groups excluding tert-OH is 1. The van der Waals surface area contributed by atoms with Crippen LogP contribution in [0.4, 0.5) is 5.95 Å². The molecule has 1 heterocycles. The van der Waals surface area contributed by atoms with Crippen molar-refractivity contribution in [2.75, 3.05) is 11.9 Å². The molecule has 7 heteroatoms. The summed E-state index contributed by atoms with van der Waals surface area (Å²) in [7, 11) is 0. The van der Waals surface area contributed by atoms with Gasteiger partial charge < -0.3 is 15.2 Å². The highest BCUT2D eigenvalue weighted by Crippen LogP contribution is 2.24. The van der Waals surface area contributed by atoms with Crippen molar-refractivity contribution in [3.63, 3.8) is 0 Å². The molecule has 1 saturated carbocycles. The number of halogens is 1. The predicted molar refractivity (Wildman–Crippen MR) is 77.1 cm³/mol. The van der Waals surface area contributed by atoms with Crippen molar-refractivity contribution >= 4 is 17.5 Å². The van der Waals surface area contributed by atoms with E-state index in [2.05, 4.69) is 20.3 Å². The van der Waals surface area contributed by atoms with Crippen LogP contribution in [0.5, 0.6) is 6.01 Å². The van der Waals surface area contributed by atoms with Gasteiger partial charge >= 0.3 is 6.01 Å². The molecular formula is C13H21ClN4O2. The van der Waals surface area contributed by atoms with Gasteiger partial charge in [0.05, 0.1) is 12.2 Å². The second-order valence-corrected chi connectivity index (χ2v) is 5.78. The average Bonchev–Trinajstić information content (AvgIpc) is 2.35. The van der Waals surface area contributed by atoms with Gasteiger partial charge in [0.15, 0.2) is 0 Å². The molecule has 0 amide bonds. The fraction of sp³-hybridized carbons (Fsp3) is 0.769. The van der Waals surface area contributed by atoms with Crippen LogP contribution in [0.3, 0.4) is 0 Å². The van der Waals surface area contributed by atoms with Gasteiger partial charge in [0.2, 0.25) is 11.2 Å². The Morgan fingerprint density at radius 3 is 2.85 bits per heavy atom. The maximum absolute atomic E-state index is 9.65. The van der Waals surface area contributed by atoms with Crippen LogP contribution < -0.4 is 10.1 Å². The first-order valence-corrected chi connectivity index (χ1v) is 7.41. The smallest absolute Gasteiger partial charge is 0.322 e. The molecule has 1 aliphatic rings. The van der Waals surface area contributed by atoms with Gasteiger partial charge in [-0.3, -0.25) is 0 Å². The highest BCUT2D eigenvalue weighted by Gasteiger charge is 2.20. The molecule has 2 rings (SSSR count). The number of aromatic nitrogens is 3. The van der Waals surface area contributed by atoms with Crippen LogP contribution in [0, 0.1) is 5.92 Å². The largest absolute Gasteiger partial charge is 0.461 e. The topological polar surface area (TPSA) is 80.2 Å². The van der Waals surface area contributed by atoms with Gasteiger partial charge in [-0.15, -0.1) is 0 Å². The lowest BCUT2D eigenvalue weighted by Gasteiger charge is -2.25. The molecule has 0 spiro atoms. The number of hydrogen-bond acceptors (Lipinski definition) is 6. The summed E-state index contributed by atoms with van der Waals surface area (Å²) in [5.74, 6) is 0.851. The molecule has 112 valence electrons. The SMILES string of the molecule is CC(C)Oc1nc(Cl)nc(NCC2CCCC(O)C2)n1. The van der Waals surface area contributed by atoms with E-state index in [0.717, 1.165) is 32.2 Å². The molecule has 0 bridgehead atoms. The minimum absolute atomic E-state index is 0.0187. The van der Waals surface area contributed by atoms with E-state index < -0.39 is 0 Å². The summed E-state index contributed by atoms with van der Waals surface area (Å²) in [6.45, 7) is 4.51. The third-order valence-electron chi connectivity index (χ3n) is 3.23. The Kier molecular flexibility index (Phi) is 5.37. The van der Waals surface area contributed by atoms with Crippen LogP contribution >= 0.6 is 11.6 Å². The quantitative estimate of drug-likeness (QED) is 0.868. The number of hydrogen-bond donors (Lipinski definition) is 2. The highest BCUT2D eigenvalue weighted by molar-refractivity contribution is 6.28. The van der Waals surface area contributed by atoms with Gasteiger partial charge in [0, 0.05) is 6.54 Å². The fourth-order valence-electron chi connectivity index (χ4n) is 2.36. The second kappa shape index (κ2) is 7.04. The Labute approximate surface area is 123 Å². The van der Waals surface area contributed by atoms with Gasteiger partial charge in [0.1, 0.15) is 0 Å². The third-order valence-corrected chi connectivity index (χ3v) is 3.40. The maximum Gasteiger partial charge on any atom is 0.322 e. The van der Waals surface area contributed by atoms with E-state index in [0.29, 0.717) is 11.9 Å². The number of aliphatic hydroxyl groups is 1. The van der Waals surface area contributed by atoms with E-state index in [-0.39, 0.29) is 23.5 Å². The van der Waals surface area contributed by atoms with Crippen molar-refractivity contribution in [1.29, 1.82) is 0 Å². The molecule has 0 aromatic carbocycles. The summed E-state index contributed by atoms with van der Waals surface area (Å²) in [4.78, 5) is 12.1. The molecule has 2 atom stereocenters. The summed E-state index contributed by atoms with van der Waals surface area (Å²) in [5.41, 5.74) is 0. The Hall–Kier alpha value is -1.14. The zero-order chi connectivity index (χ0) is 14.5. The second-order valence-electron chi connectivity index (χ2n) is 5.44. The molecule has 0 aliphatic heterocycles. The summed E-state index contributed by atoms with van der Waals surface area (Å²) >= 11 is 5.86. The molecule has 1 aromatic heterocycles. The molecular weight excluding hydrogens is 280 g/mol. The summed E-state index contributed by atoms with van der Waals surface area (Å²) in [6, 6.07) is 0.228. The Bertz CT molecular complexity index is 444. The van der Waals surface area contributed by atoms with E-state index in [1.54, 1.807) is 0 Å². The van der Waals surface area contributed by atoms with Gasteiger partial charge in [-0.1, -0.05) is 6.42 Å². The zero-order valence-corrected chi connectivity index (χ0v) is 12.6. The minimum atomic E-state index is -0.183. The summed E-state index contributed by atoms with van der Waals surface area (Å²) in [6.07, 6.45) is 3.69. The molecule has 0 radical (unpaired) electrons. The van der Waals surface area contributed by atoms with Crippen LogP contribution in [0.15, 0.2) is 0 Å².